The molecule has 0 heterocycles. The van der Waals surface area contributed by atoms with E-state index in [2.05, 4.69) is 6.92 Å². The molecule has 1 aromatic carbocycles. The summed E-state index contributed by atoms with van der Waals surface area (Å²) in [6.07, 6.45) is 4.58. The van der Waals surface area contributed by atoms with E-state index < -0.39 is 5.82 Å². The molecule has 1 aliphatic carbocycles. The number of carbonyl (C=O) groups is 1. The van der Waals surface area contributed by atoms with Crippen molar-refractivity contribution in [1.29, 1.82) is 0 Å². The summed E-state index contributed by atoms with van der Waals surface area (Å²) in [6.45, 7) is 3.57. The average molecular weight is 250 g/mol. The monoisotopic (exact) mass is 250 g/mol. The summed E-state index contributed by atoms with van der Waals surface area (Å²) < 4.78 is 19.6. The fourth-order valence-electron chi connectivity index (χ4n) is 2.44. The highest BCUT2D eigenvalue weighted by Gasteiger charge is 2.23. The molecule has 18 heavy (non-hydrogen) atoms. The molecule has 2 unspecified atom stereocenters. The lowest BCUT2D eigenvalue weighted by molar-refractivity contribution is 0.0975. The molecule has 0 N–H and O–H groups in total. The van der Waals surface area contributed by atoms with Gasteiger partial charge in [0.2, 0.25) is 0 Å². The fraction of sp³-hybridized carbons (Fsp3) is 0.533. The molecule has 0 radical (unpaired) electrons. The predicted octanol–water partition coefficient (Wildman–Crippen LogP) is 3.99. The van der Waals surface area contributed by atoms with E-state index in [0.29, 0.717) is 11.5 Å². The number of ketones is 1. The zero-order valence-corrected chi connectivity index (χ0v) is 10.9. The van der Waals surface area contributed by atoms with Crippen LogP contribution in [0.25, 0.3) is 0 Å². The number of Topliss-reactive ketones (excluding diaryl/α,β-unsaturated/α-hetero) is 1. The number of benzene rings is 1. The van der Waals surface area contributed by atoms with Gasteiger partial charge in [0.05, 0.1) is 0 Å². The summed E-state index contributed by atoms with van der Waals surface area (Å²) in [4.78, 5) is 11.1. The van der Waals surface area contributed by atoms with Gasteiger partial charge in [-0.3, -0.25) is 4.79 Å². The Bertz CT molecular complexity index is 442. The van der Waals surface area contributed by atoms with Gasteiger partial charge in [0.1, 0.15) is 6.10 Å². The molecular formula is C15H19FO2. The number of hydrogen-bond acceptors (Lipinski definition) is 2. The zero-order chi connectivity index (χ0) is 13.1. The first kappa shape index (κ1) is 13.1. The second-order valence-corrected chi connectivity index (χ2v) is 5.12. The highest BCUT2D eigenvalue weighted by atomic mass is 19.1. The molecule has 0 saturated heterocycles. The third-order valence-electron chi connectivity index (χ3n) is 3.65. The van der Waals surface area contributed by atoms with E-state index in [-0.39, 0.29) is 17.6 Å². The van der Waals surface area contributed by atoms with Crippen LogP contribution in [0, 0.1) is 11.7 Å². The Kier molecular flexibility index (Phi) is 4.00. The third-order valence-corrected chi connectivity index (χ3v) is 3.65. The van der Waals surface area contributed by atoms with E-state index in [0.717, 1.165) is 19.3 Å². The molecule has 1 aromatic rings. The zero-order valence-electron chi connectivity index (χ0n) is 10.9. The Morgan fingerprint density at radius 2 is 2.06 bits per heavy atom. The molecule has 0 amide bonds. The van der Waals surface area contributed by atoms with Crippen molar-refractivity contribution in [2.45, 2.75) is 45.6 Å². The molecule has 1 aliphatic rings. The molecule has 98 valence electrons. The van der Waals surface area contributed by atoms with Crippen LogP contribution in [0.15, 0.2) is 18.2 Å². The van der Waals surface area contributed by atoms with Crippen molar-refractivity contribution in [3.05, 3.63) is 29.6 Å². The molecule has 0 aromatic heterocycles. The van der Waals surface area contributed by atoms with Crippen LogP contribution >= 0.6 is 0 Å². The minimum Gasteiger partial charge on any atom is -0.487 e. The molecule has 1 saturated carbocycles. The third kappa shape index (κ3) is 2.89. The highest BCUT2D eigenvalue weighted by molar-refractivity contribution is 5.94. The quantitative estimate of drug-likeness (QED) is 0.758. The van der Waals surface area contributed by atoms with Gasteiger partial charge in [0.25, 0.3) is 0 Å². The van der Waals surface area contributed by atoms with Crippen molar-refractivity contribution >= 4 is 5.78 Å². The van der Waals surface area contributed by atoms with Crippen molar-refractivity contribution in [2.24, 2.45) is 5.92 Å². The van der Waals surface area contributed by atoms with Crippen molar-refractivity contribution in [1.82, 2.24) is 0 Å². The molecule has 3 heteroatoms. The van der Waals surface area contributed by atoms with Gasteiger partial charge in [0, 0.05) is 5.56 Å². The van der Waals surface area contributed by atoms with Crippen LogP contribution in [0.4, 0.5) is 4.39 Å². The average Bonchev–Trinajstić information content (AvgIpc) is 2.34. The largest absolute Gasteiger partial charge is 0.487 e. The van der Waals surface area contributed by atoms with Crippen LogP contribution in [-0.4, -0.2) is 11.9 Å². The Labute approximate surface area is 107 Å². The van der Waals surface area contributed by atoms with Gasteiger partial charge in [-0.15, -0.1) is 0 Å². The van der Waals surface area contributed by atoms with Crippen LogP contribution in [0.2, 0.25) is 0 Å². The molecule has 0 spiro atoms. The van der Waals surface area contributed by atoms with Crippen molar-refractivity contribution in [3.8, 4) is 5.75 Å². The molecule has 1 fully saturated rings. The molecule has 0 bridgehead atoms. The Morgan fingerprint density at radius 3 is 2.67 bits per heavy atom. The van der Waals surface area contributed by atoms with Gasteiger partial charge >= 0.3 is 0 Å². The molecule has 0 aliphatic heterocycles. The number of ether oxygens (including phenoxy) is 1. The summed E-state index contributed by atoms with van der Waals surface area (Å²) >= 11 is 0. The SMILES string of the molecule is CC(=O)c1ccc(OC2CCCCC2C)c(F)c1. The van der Waals surface area contributed by atoms with E-state index >= 15 is 0 Å². The minimum absolute atomic E-state index is 0.0939. The predicted molar refractivity (Wildman–Crippen MR) is 68.5 cm³/mol. The number of rotatable bonds is 3. The lowest BCUT2D eigenvalue weighted by Crippen LogP contribution is -2.28. The maximum Gasteiger partial charge on any atom is 0.165 e. The first-order valence-electron chi connectivity index (χ1n) is 6.55. The standard InChI is InChI=1S/C15H19FO2/c1-10-5-3-4-6-14(10)18-15-8-7-12(11(2)17)9-13(15)16/h7-10,14H,3-6H2,1-2H3. The van der Waals surface area contributed by atoms with Gasteiger partial charge in [0.15, 0.2) is 17.3 Å². The lowest BCUT2D eigenvalue weighted by Gasteiger charge is -2.29. The smallest absolute Gasteiger partial charge is 0.165 e. The number of halogens is 1. The van der Waals surface area contributed by atoms with Gasteiger partial charge in [-0.1, -0.05) is 13.3 Å². The molecular weight excluding hydrogens is 231 g/mol. The Balaban J connectivity index is 2.11. The van der Waals surface area contributed by atoms with E-state index in [9.17, 15) is 9.18 Å². The molecule has 2 atom stereocenters. The van der Waals surface area contributed by atoms with Crippen molar-refractivity contribution < 1.29 is 13.9 Å². The number of hydrogen-bond donors (Lipinski definition) is 0. The Hall–Kier alpha value is -1.38. The Morgan fingerprint density at radius 1 is 1.33 bits per heavy atom. The van der Waals surface area contributed by atoms with Crippen LogP contribution in [0.3, 0.4) is 0 Å². The van der Waals surface area contributed by atoms with Crippen molar-refractivity contribution in [3.63, 3.8) is 0 Å². The van der Waals surface area contributed by atoms with Gasteiger partial charge in [-0.05, 0) is 50.3 Å². The topological polar surface area (TPSA) is 26.3 Å². The molecule has 2 nitrogen and oxygen atoms in total. The van der Waals surface area contributed by atoms with Crippen molar-refractivity contribution in [2.75, 3.05) is 0 Å². The summed E-state index contributed by atoms with van der Waals surface area (Å²) in [7, 11) is 0. The fourth-order valence-corrected chi connectivity index (χ4v) is 2.44. The first-order valence-corrected chi connectivity index (χ1v) is 6.55. The van der Waals surface area contributed by atoms with Gasteiger partial charge < -0.3 is 4.74 Å². The summed E-state index contributed by atoms with van der Waals surface area (Å²) in [5.74, 6) is 0.149. The maximum absolute atomic E-state index is 13.8. The van der Waals surface area contributed by atoms with Crippen LogP contribution in [-0.2, 0) is 0 Å². The summed E-state index contributed by atoms with van der Waals surface area (Å²) in [5, 5.41) is 0. The lowest BCUT2D eigenvalue weighted by atomic mass is 9.88. The summed E-state index contributed by atoms with van der Waals surface area (Å²) in [6, 6.07) is 4.44. The van der Waals surface area contributed by atoms with Crippen LogP contribution in [0.1, 0.15) is 49.9 Å². The van der Waals surface area contributed by atoms with E-state index in [1.165, 1.54) is 19.4 Å². The molecule has 2 rings (SSSR count). The van der Waals surface area contributed by atoms with E-state index in [1.807, 2.05) is 0 Å². The number of carbonyl (C=O) groups excluding carboxylic acids is 1. The second-order valence-electron chi connectivity index (χ2n) is 5.12. The minimum atomic E-state index is -0.444. The normalized spacial score (nSPS) is 23.7. The van der Waals surface area contributed by atoms with Crippen LogP contribution in [0.5, 0.6) is 5.75 Å². The highest BCUT2D eigenvalue weighted by Crippen LogP contribution is 2.29. The van der Waals surface area contributed by atoms with E-state index in [4.69, 9.17) is 4.74 Å². The first-order chi connectivity index (χ1) is 8.58. The van der Waals surface area contributed by atoms with E-state index in [1.54, 1.807) is 12.1 Å². The second kappa shape index (κ2) is 5.51. The van der Waals surface area contributed by atoms with Crippen LogP contribution < -0.4 is 4.74 Å². The van der Waals surface area contributed by atoms with Gasteiger partial charge in [-0.25, -0.2) is 4.39 Å². The van der Waals surface area contributed by atoms with Gasteiger partial charge in [-0.2, -0.15) is 0 Å². The summed E-state index contributed by atoms with van der Waals surface area (Å²) in [5.41, 5.74) is 0.386. The maximum atomic E-state index is 13.8.